The Morgan fingerprint density at radius 2 is 1.56 bits per heavy atom. The van der Waals surface area contributed by atoms with Crippen LogP contribution < -0.4 is 4.74 Å². The first-order valence-electron chi connectivity index (χ1n) is 12.5. The summed E-state index contributed by atoms with van der Waals surface area (Å²) in [5.74, 6) is -0.338. The van der Waals surface area contributed by atoms with Gasteiger partial charge < -0.3 is 4.74 Å². The van der Waals surface area contributed by atoms with Gasteiger partial charge in [-0.1, -0.05) is 48.5 Å². The van der Waals surface area contributed by atoms with Gasteiger partial charge in [-0.2, -0.15) is 10.4 Å². The normalized spacial score (nSPS) is 15.4. The Morgan fingerprint density at radius 3 is 2.18 bits per heavy atom. The summed E-state index contributed by atoms with van der Waals surface area (Å²) in [4.78, 5) is 28.3. The smallest absolute Gasteiger partial charge is 0.272 e. The Kier molecular flexibility index (Phi) is 6.94. The van der Waals surface area contributed by atoms with E-state index in [1.807, 2.05) is 97.2 Å². The molecule has 0 N–H and O–H groups in total. The quantitative estimate of drug-likeness (QED) is 0.236. The molecule has 0 aliphatic carbocycles. The van der Waals surface area contributed by atoms with Gasteiger partial charge in [-0.3, -0.25) is 14.5 Å². The lowest BCUT2D eigenvalue weighted by Gasteiger charge is -2.32. The van der Waals surface area contributed by atoms with Gasteiger partial charge >= 0.3 is 0 Å². The van der Waals surface area contributed by atoms with Crippen LogP contribution in [0.25, 0.3) is 23.0 Å². The van der Waals surface area contributed by atoms with Gasteiger partial charge in [0, 0.05) is 22.9 Å². The summed E-state index contributed by atoms with van der Waals surface area (Å²) >= 11 is 0. The first-order valence-corrected chi connectivity index (χ1v) is 12.5. The van der Waals surface area contributed by atoms with E-state index in [-0.39, 0.29) is 11.1 Å². The van der Waals surface area contributed by atoms with Crippen LogP contribution in [0.1, 0.15) is 31.0 Å². The summed E-state index contributed by atoms with van der Waals surface area (Å²) in [6.45, 7) is 3.42. The molecule has 4 aromatic rings. The summed E-state index contributed by atoms with van der Waals surface area (Å²) in [7, 11) is 1.61. The molecule has 2 amide bonds. The van der Waals surface area contributed by atoms with E-state index in [0.29, 0.717) is 22.6 Å². The molecule has 2 heterocycles. The van der Waals surface area contributed by atoms with Gasteiger partial charge in [-0.05, 0) is 67.5 Å². The highest BCUT2D eigenvalue weighted by atomic mass is 16.5. The third-order valence-electron chi connectivity index (χ3n) is 6.87. The van der Waals surface area contributed by atoms with Crippen LogP contribution in [-0.4, -0.2) is 33.6 Å². The topological polar surface area (TPSA) is 88.2 Å². The van der Waals surface area contributed by atoms with Gasteiger partial charge in [0.25, 0.3) is 11.8 Å². The molecule has 0 bridgehead atoms. The fourth-order valence-corrected chi connectivity index (χ4v) is 4.67. The Morgan fingerprint density at radius 1 is 0.923 bits per heavy atom. The van der Waals surface area contributed by atoms with Crippen molar-refractivity contribution < 1.29 is 14.3 Å². The highest BCUT2D eigenvalue weighted by molar-refractivity contribution is 6.20. The van der Waals surface area contributed by atoms with Crippen LogP contribution in [0.2, 0.25) is 0 Å². The number of imide groups is 1. The molecule has 0 saturated carbocycles. The molecule has 5 rings (SSSR count). The first-order chi connectivity index (χ1) is 18.9. The molecule has 3 aromatic carbocycles. The molecule has 192 valence electrons. The average Bonchev–Trinajstić information content (AvgIpc) is 3.40. The predicted molar refractivity (Wildman–Crippen MR) is 149 cm³/mol. The maximum atomic E-state index is 13.9. The van der Waals surface area contributed by atoms with E-state index < -0.39 is 17.9 Å². The molecular formula is C32H26N4O3. The molecule has 7 heteroatoms. The van der Waals surface area contributed by atoms with Crippen LogP contribution in [0.3, 0.4) is 0 Å². The lowest BCUT2D eigenvalue weighted by Crippen LogP contribution is -2.44. The second-order valence-corrected chi connectivity index (χ2v) is 9.18. The molecule has 1 aromatic heterocycles. The van der Waals surface area contributed by atoms with Crippen LogP contribution in [-0.2, 0) is 9.59 Å². The van der Waals surface area contributed by atoms with Crippen molar-refractivity contribution in [2.24, 2.45) is 0 Å². The fourth-order valence-electron chi connectivity index (χ4n) is 4.67. The van der Waals surface area contributed by atoms with Crippen molar-refractivity contribution in [2.75, 3.05) is 7.11 Å². The number of nitriles is 1. The number of carbonyl (C=O) groups excluding carboxylic acids is 2. The number of para-hydroxylation sites is 1. The standard InChI is InChI=1S/C32H26N4O3/c1-21-28(31(37)36(32(38)29(21)19-33)22(2)23-10-6-4-7-11-23)18-25-20-35(26-12-8-5-9-13-26)34-30(25)24-14-16-27(39-3)17-15-24/h4-18,20,22H,1-3H3/b28-18+. The minimum atomic E-state index is -0.594. The SMILES string of the molecule is COc1ccc(-c2nn(-c3ccccc3)cc2/C=C2/C(=O)N(C(C)c3ccccc3)C(=O)C(C#N)=C2C)cc1. The lowest BCUT2D eigenvalue weighted by molar-refractivity contribution is -0.143. The zero-order valence-corrected chi connectivity index (χ0v) is 21.8. The summed E-state index contributed by atoms with van der Waals surface area (Å²) in [5, 5.41) is 14.7. The number of benzene rings is 3. The zero-order chi connectivity index (χ0) is 27.5. The summed E-state index contributed by atoms with van der Waals surface area (Å²) in [6, 6.07) is 27.9. The van der Waals surface area contributed by atoms with Crippen molar-refractivity contribution in [1.29, 1.82) is 5.26 Å². The van der Waals surface area contributed by atoms with Gasteiger partial charge in [0.05, 0.1) is 24.5 Å². The summed E-state index contributed by atoms with van der Waals surface area (Å²) < 4.78 is 7.06. The maximum Gasteiger partial charge on any atom is 0.272 e. The van der Waals surface area contributed by atoms with E-state index in [1.165, 1.54) is 4.90 Å². The van der Waals surface area contributed by atoms with Crippen molar-refractivity contribution >= 4 is 17.9 Å². The number of hydrogen-bond acceptors (Lipinski definition) is 5. The van der Waals surface area contributed by atoms with E-state index in [2.05, 4.69) is 0 Å². The van der Waals surface area contributed by atoms with Crippen molar-refractivity contribution in [1.82, 2.24) is 14.7 Å². The molecule has 1 aliphatic heterocycles. The minimum absolute atomic E-state index is 0.0509. The number of methoxy groups -OCH3 is 1. The second kappa shape index (κ2) is 10.6. The molecule has 1 atom stereocenters. The molecular weight excluding hydrogens is 488 g/mol. The monoisotopic (exact) mass is 514 g/mol. The number of aromatic nitrogens is 2. The lowest BCUT2D eigenvalue weighted by atomic mass is 9.91. The van der Waals surface area contributed by atoms with Crippen LogP contribution >= 0.6 is 0 Å². The van der Waals surface area contributed by atoms with E-state index in [4.69, 9.17) is 9.84 Å². The third kappa shape index (κ3) is 4.76. The van der Waals surface area contributed by atoms with Crippen molar-refractivity contribution in [3.05, 3.63) is 119 Å². The van der Waals surface area contributed by atoms with Crippen molar-refractivity contribution in [2.45, 2.75) is 19.9 Å². The molecule has 0 fully saturated rings. The van der Waals surface area contributed by atoms with Gasteiger partial charge in [-0.15, -0.1) is 0 Å². The van der Waals surface area contributed by atoms with E-state index in [9.17, 15) is 14.9 Å². The van der Waals surface area contributed by atoms with Crippen LogP contribution in [0.5, 0.6) is 5.75 Å². The zero-order valence-electron chi connectivity index (χ0n) is 21.8. The van der Waals surface area contributed by atoms with Gasteiger partial charge in [-0.25, -0.2) is 4.68 Å². The maximum absolute atomic E-state index is 13.9. The number of ether oxygens (including phenoxy) is 1. The number of amides is 2. The second-order valence-electron chi connectivity index (χ2n) is 9.18. The Hall–Kier alpha value is -5.22. The molecule has 0 saturated heterocycles. The number of nitrogens with zero attached hydrogens (tertiary/aromatic N) is 4. The van der Waals surface area contributed by atoms with Crippen LogP contribution in [0.4, 0.5) is 0 Å². The van der Waals surface area contributed by atoms with Gasteiger partial charge in [0.15, 0.2) is 0 Å². The molecule has 1 unspecified atom stereocenters. The predicted octanol–water partition coefficient (Wildman–Crippen LogP) is 5.90. The van der Waals surface area contributed by atoms with E-state index in [1.54, 1.807) is 31.7 Å². The van der Waals surface area contributed by atoms with E-state index >= 15 is 0 Å². The van der Waals surface area contributed by atoms with Crippen molar-refractivity contribution in [3.63, 3.8) is 0 Å². The fraction of sp³-hybridized carbons (Fsp3) is 0.125. The van der Waals surface area contributed by atoms with Crippen LogP contribution in [0.15, 0.2) is 108 Å². The first kappa shape index (κ1) is 25.4. The molecule has 1 aliphatic rings. The molecule has 39 heavy (non-hydrogen) atoms. The molecule has 0 spiro atoms. The van der Waals surface area contributed by atoms with Gasteiger partial charge in [0.1, 0.15) is 17.4 Å². The Labute approximate surface area is 226 Å². The van der Waals surface area contributed by atoms with Gasteiger partial charge in [0.2, 0.25) is 0 Å². The number of hydrogen-bond donors (Lipinski definition) is 0. The van der Waals surface area contributed by atoms with Crippen molar-refractivity contribution in [3.8, 4) is 28.8 Å². The minimum Gasteiger partial charge on any atom is -0.497 e. The Balaban J connectivity index is 1.67. The number of carbonyl (C=O) groups is 2. The highest BCUT2D eigenvalue weighted by Gasteiger charge is 2.38. The highest BCUT2D eigenvalue weighted by Crippen LogP contribution is 2.35. The Bertz CT molecular complexity index is 1640. The van der Waals surface area contributed by atoms with E-state index in [0.717, 1.165) is 16.8 Å². The largest absolute Gasteiger partial charge is 0.497 e. The summed E-state index contributed by atoms with van der Waals surface area (Å²) in [5.41, 5.74) is 4.36. The molecule has 0 radical (unpaired) electrons. The number of rotatable bonds is 6. The van der Waals surface area contributed by atoms with Crippen LogP contribution in [0, 0.1) is 11.3 Å². The summed E-state index contributed by atoms with van der Waals surface area (Å²) in [6.07, 6.45) is 3.56. The molecule has 7 nitrogen and oxygen atoms in total. The third-order valence-corrected chi connectivity index (χ3v) is 6.87. The average molecular weight is 515 g/mol.